The van der Waals surface area contributed by atoms with Gasteiger partial charge in [0.25, 0.3) is 0 Å². The molecule has 6 heteroatoms. The Morgan fingerprint density at radius 1 is 1.50 bits per heavy atom. The molecular weight excluding hydrogens is 256 g/mol. The summed E-state index contributed by atoms with van der Waals surface area (Å²) in [5.74, 6) is 0.221. The number of aromatic amines is 1. The molecule has 0 bridgehead atoms. The first-order valence-corrected chi connectivity index (χ1v) is 7.44. The van der Waals surface area contributed by atoms with E-state index < -0.39 is 0 Å². The van der Waals surface area contributed by atoms with Crippen LogP contribution >= 0.6 is 0 Å². The molecule has 2 unspecified atom stereocenters. The van der Waals surface area contributed by atoms with Gasteiger partial charge in [0.15, 0.2) is 0 Å². The standard InChI is InChI=1S/C14H22N4O2/c19-14(7-12-10-20-6-4-15-12)18-5-2-1-3-13(18)11-8-16-17-9-11/h8-9,12-13,15H,1-7,10H2,(H,16,17). The van der Waals surface area contributed by atoms with Crippen LogP contribution in [0.1, 0.15) is 37.3 Å². The highest BCUT2D eigenvalue weighted by atomic mass is 16.5. The Morgan fingerprint density at radius 2 is 2.45 bits per heavy atom. The van der Waals surface area contributed by atoms with E-state index >= 15 is 0 Å². The van der Waals surface area contributed by atoms with E-state index in [1.54, 1.807) is 0 Å². The second-order valence-electron chi connectivity index (χ2n) is 5.56. The first-order valence-electron chi connectivity index (χ1n) is 7.44. The molecule has 2 aliphatic heterocycles. The Morgan fingerprint density at radius 3 is 3.20 bits per heavy atom. The zero-order valence-corrected chi connectivity index (χ0v) is 11.7. The number of carbonyl (C=O) groups is 1. The Hall–Kier alpha value is -1.40. The summed E-state index contributed by atoms with van der Waals surface area (Å²) in [6, 6.07) is 0.336. The number of nitrogens with one attached hydrogen (secondary N) is 2. The number of amides is 1. The predicted molar refractivity (Wildman–Crippen MR) is 74.1 cm³/mol. The fourth-order valence-electron chi connectivity index (χ4n) is 3.10. The zero-order chi connectivity index (χ0) is 13.8. The molecule has 0 spiro atoms. The molecule has 0 aliphatic carbocycles. The van der Waals surface area contributed by atoms with Gasteiger partial charge in [-0.05, 0) is 19.3 Å². The SMILES string of the molecule is O=C(CC1COCCN1)N1CCCCC1c1cn[nH]c1. The van der Waals surface area contributed by atoms with E-state index in [0.717, 1.165) is 38.1 Å². The Labute approximate surface area is 118 Å². The number of morpholine rings is 1. The summed E-state index contributed by atoms with van der Waals surface area (Å²) in [6.45, 7) is 3.06. The third-order valence-corrected chi connectivity index (χ3v) is 4.15. The average molecular weight is 278 g/mol. The van der Waals surface area contributed by atoms with Crippen LogP contribution in [0.15, 0.2) is 12.4 Å². The molecule has 1 amide bonds. The number of hydrogen-bond donors (Lipinski definition) is 2. The van der Waals surface area contributed by atoms with Crippen molar-refractivity contribution < 1.29 is 9.53 Å². The third kappa shape index (κ3) is 3.02. The van der Waals surface area contributed by atoms with Crippen molar-refractivity contribution in [2.24, 2.45) is 0 Å². The van der Waals surface area contributed by atoms with Gasteiger partial charge in [-0.15, -0.1) is 0 Å². The molecule has 6 nitrogen and oxygen atoms in total. The summed E-state index contributed by atoms with van der Waals surface area (Å²) in [5, 5.41) is 10.2. The summed E-state index contributed by atoms with van der Waals surface area (Å²) in [7, 11) is 0. The Balaban J connectivity index is 1.64. The van der Waals surface area contributed by atoms with Crippen molar-refractivity contribution in [2.75, 3.05) is 26.3 Å². The second-order valence-corrected chi connectivity index (χ2v) is 5.56. The molecule has 2 aliphatic rings. The fraction of sp³-hybridized carbons (Fsp3) is 0.714. The highest BCUT2D eigenvalue weighted by Gasteiger charge is 2.30. The lowest BCUT2D eigenvalue weighted by atomic mass is 9.96. The van der Waals surface area contributed by atoms with E-state index in [9.17, 15) is 4.79 Å². The number of H-pyrrole nitrogens is 1. The maximum absolute atomic E-state index is 12.6. The van der Waals surface area contributed by atoms with Crippen LogP contribution < -0.4 is 5.32 Å². The lowest BCUT2D eigenvalue weighted by Gasteiger charge is -2.36. The zero-order valence-electron chi connectivity index (χ0n) is 11.7. The van der Waals surface area contributed by atoms with Gasteiger partial charge in [-0.2, -0.15) is 5.10 Å². The van der Waals surface area contributed by atoms with Gasteiger partial charge in [0, 0.05) is 37.3 Å². The monoisotopic (exact) mass is 278 g/mol. The van der Waals surface area contributed by atoms with Crippen molar-refractivity contribution in [3.63, 3.8) is 0 Å². The van der Waals surface area contributed by atoms with Gasteiger partial charge in [0.1, 0.15) is 0 Å². The molecular formula is C14H22N4O2. The minimum Gasteiger partial charge on any atom is -0.378 e. The first-order chi connectivity index (χ1) is 9.84. The molecule has 110 valence electrons. The third-order valence-electron chi connectivity index (χ3n) is 4.15. The Bertz CT molecular complexity index is 428. The molecule has 1 aromatic heterocycles. The van der Waals surface area contributed by atoms with Gasteiger partial charge in [0.05, 0.1) is 25.5 Å². The first kappa shape index (κ1) is 13.6. The molecule has 2 saturated heterocycles. The van der Waals surface area contributed by atoms with E-state index in [1.807, 2.05) is 17.3 Å². The van der Waals surface area contributed by atoms with Crippen molar-refractivity contribution >= 4 is 5.91 Å². The van der Waals surface area contributed by atoms with Crippen LogP contribution in [0.2, 0.25) is 0 Å². The topological polar surface area (TPSA) is 70.2 Å². The van der Waals surface area contributed by atoms with Crippen LogP contribution in [-0.2, 0) is 9.53 Å². The largest absolute Gasteiger partial charge is 0.378 e. The lowest BCUT2D eigenvalue weighted by Crippen LogP contribution is -2.46. The van der Waals surface area contributed by atoms with Gasteiger partial charge in [0.2, 0.25) is 5.91 Å². The number of nitrogens with zero attached hydrogens (tertiary/aromatic N) is 2. The summed E-state index contributed by atoms with van der Waals surface area (Å²) < 4.78 is 5.42. The normalized spacial score (nSPS) is 27.5. The van der Waals surface area contributed by atoms with Gasteiger partial charge in [-0.25, -0.2) is 0 Å². The van der Waals surface area contributed by atoms with Gasteiger partial charge in [-0.3, -0.25) is 9.89 Å². The van der Waals surface area contributed by atoms with Crippen LogP contribution in [-0.4, -0.2) is 53.3 Å². The fourth-order valence-corrected chi connectivity index (χ4v) is 3.10. The highest BCUT2D eigenvalue weighted by molar-refractivity contribution is 5.77. The molecule has 1 aromatic rings. The van der Waals surface area contributed by atoms with Crippen LogP contribution in [0, 0.1) is 0 Å². The number of ether oxygens (including phenoxy) is 1. The lowest BCUT2D eigenvalue weighted by molar-refractivity contribution is -0.136. The summed E-state index contributed by atoms with van der Waals surface area (Å²) in [6.07, 6.45) is 7.55. The summed E-state index contributed by atoms with van der Waals surface area (Å²) in [5.41, 5.74) is 1.12. The number of rotatable bonds is 3. The van der Waals surface area contributed by atoms with Gasteiger partial charge in [-0.1, -0.05) is 0 Å². The molecule has 2 atom stereocenters. The van der Waals surface area contributed by atoms with Gasteiger partial charge < -0.3 is 15.0 Å². The smallest absolute Gasteiger partial charge is 0.224 e. The van der Waals surface area contributed by atoms with Crippen molar-refractivity contribution in [3.05, 3.63) is 18.0 Å². The van der Waals surface area contributed by atoms with Crippen LogP contribution in [0.3, 0.4) is 0 Å². The molecule has 0 saturated carbocycles. The highest BCUT2D eigenvalue weighted by Crippen LogP contribution is 2.30. The van der Waals surface area contributed by atoms with Crippen molar-refractivity contribution in [1.29, 1.82) is 0 Å². The second kappa shape index (κ2) is 6.37. The van der Waals surface area contributed by atoms with Crippen LogP contribution in [0.25, 0.3) is 0 Å². The van der Waals surface area contributed by atoms with E-state index in [0.29, 0.717) is 13.0 Å². The van der Waals surface area contributed by atoms with E-state index in [1.165, 1.54) is 6.42 Å². The van der Waals surface area contributed by atoms with Crippen molar-refractivity contribution in [1.82, 2.24) is 20.4 Å². The van der Waals surface area contributed by atoms with Crippen molar-refractivity contribution in [3.8, 4) is 0 Å². The van der Waals surface area contributed by atoms with Crippen LogP contribution in [0.4, 0.5) is 0 Å². The number of carbonyl (C=O) groups excluding carboxylic acids is 1. The predicted octanol–water partition coefficient (Wildman–Crippen LogP) is 0.842. The summed E-state index contributed by atoms with van der Waals surface area (Å²) in [4.78, 5) is 14.6. The molecule has 0 aromatic carbocycles. The average Bonchev–Trinajstić information content (AvgIpc) is 3.02. The minimum atomic E-state index is 0.156. The van der Waals surface area contributed by atoms with E-state index in [-0.39, 0.29) is 18.0 Å². The molecule has 20 heavy (non-hydrogen) atoms. The maximum atomic E-state index is 12.6. The maximum Gasteiger partial charge on any atom is 0.224 e. The van der Waals surface area contributed by atoms with Crippen LogP contribution in [0.5, 0.6) is 0 Å². The molecule has 2 N–H and O–H groups in total. The molecule has 3 heterocycles. The Kier molecular flexibility index (Phi) is 4.32. The number of likely N-dealkylation sites (tertiary alicyclic amines) is 1. The molecule has 0 radical (unpaired) electrons. The number of piperidine rings is 1. The van der Waals surface area contributed by atoms with E-state index in [2.05, 4.69) is 15.5 Å². The van der Waals surface area contributed by atoms with Crippen molar-refractivity contribution in [2.45, 2.75) is 37.8 Å². The minimum absolute atomic E-state index is 0.156. The van der Waals surface area contributed by atoms with E-state index in [4.69, 9.17) is 4.74 Å². The molecule has 2 fully saturated rings. The number of hydrogen-bond acceptors (Lipinski definition) is 4. The molecule has 3 rings (SSSR count). The number of aromatic nitrogens is 2. The quantitative estimate of drug-likeness (QED) is 0.859. The van der Waals surface area contributed by atoms with Gasteiger partial charge >= 0.3 is 0 Å². The summed E-state index contributed by atoms with van der Waals surface area (Å²) >= 11 is 0.